The van der Waals surface area contributed by atoms with Gasteiger partial charge in [-0.25, -0.2) is 4.39 Å². The molecule has 1 aromatic carbocycles. The first kappa shape index (κ1) is 18.4. The molecule has 0 aliphatic rings. The van der Waals surface area contributed by atoms with Crippen LogP contribution in [-0.2, 0) is 4.74 Å². The van der Waals surface area contributed by atoms with Crippen LogP contribution < -0.4 is 5.32 Å². The number of hydrogen-bond acceptors (Lipinski definition) is 3. The Bertz CT molecular complexity index is 454. The van der Waals surface area contributed by atoms with E-state index < -0.39 is 6.10 Å². The number of halogens is 2. The van der Waals surface area contributed by atoms with E-state index in [9.17, 15) is 9.50 Å². The Morgan fingerprint density at radius 1 is 1.33 bits per heavy atom. The molecule has 5 heteroatoms. The zero-order valence-corrected chi connectivity index (χ0v) is 14.7. The summed E-state index contributed by atoms with van der Waals surface area (Å²) in [5, 5.41) is 13.1. The molecule has 1 aromatic rings. The largest absolute Gasteiger partial charge is 0.389 e. The van der Waals surface area contributed by atoms with Gasteiger partial charge in [0.15, 0.2) is 0 Å². The van der Waals surface area contributed by atoms with E-state index in [1.54, 1.807) is 6.07 Å². The minimum atomic E-state index is -0.595. The van der Waals surface area contributed by atoms with Crippen LogP contribution in [0.25, 0.3) is 0 Å². The lowest BCUT2D eigenvalue weighted by Crippen LogP contribution is -2.27. The van der Waals surface area contributed by atoms with E-state index in [4.69, 9.17) is 4.74 Å². The SMILES string of the molecule is Cc1cc(F)c(Br)cc1NCC(O)COC(C)CC(C)C. The molecule has 1 rings (SSSR count). The minimum absolute atomic E-state index is 0.140. The van der Waals surface area contributed by atoms with Crippen LogP contribution in [0.1, 0.15) is 32.8 Å². The third kappa shape index (κ3) is 6.76. The first-order valence-electron chi connectivity index (χ1n) is 7.28. The molecule has 21 heavy (non-hydrogen) atoms. The highest BCUT2D eigenvalue weighted by Gasteiger charge is 2.11. The number of aliphatic hydroxyl groups excluding tert-OH is 1. The van der Waals surface area contributed by atoms with Crippen molar-refractivity contribution in [3.63, 3.8) is 0 Å². The van der Waals surface area contributed by atoms with Crippen LogP contribution in [-0.4, -0.2) is 30.5 Å². The van der Waals surface area contributed by atoms with Gasteiger partial charge in [-0.2, -0.15) is 0 Å². The van der Waals surface area contributed by atoms with Crippen molar-refractivity contribution in [2.45, 2.75) is 46.3 Å². The van der Waals surface area contributed by atoms with Gasteiger partial charge in [0, 0.05) is 12.2 Å². The van der Waals surface area contributed by atoms with Gasteiger partial charge >= 0.3 is 0 Å². The molecule has 0 radical (unpaired) electrons. The fourth-order valence-electron chi connectivity index (χ4n) is 2.13. The Balaban J connectivity index is 2.39. The van der Waals surface area contributed by atoms with Gasteiger partial charge in [-0.3, -0.25) is 0 Å². The van der Waals surface area contributed by atoms with Crippen LogP contribution in [0.5, 0.6) is 0 Å². The maximum atomic E-state index is 13.3. The summed E-state index contributed by atoms with van der Waals surface area (Å²) in [6, 6.07) is 3.14. The van der Waals surface area contributed by atoms with Crippen molar-refractivity contribution in [3.05, 3.63) is 28.0 Å². The molecule has 2 N–H and O–H groups in total. The number of hydrogen-bond donors (Lipinski definition) is 2. The van der Waals surface area contributed by atoms with Crippen molar-refractivity contribution in [2.24, 2.45) is 5.92 Å². The van der Waals surface area contributed by atoms with Crippen LogP contribution in [0.4, 0.5) is 10.1 Å². The summed E-state index contributed by atoms with van der Waals surface area (Å²) in [6.07, 6.45) is 0.522. The lowest BCUT2D eigenvalue weighted by atomic mass is 10.1. The standard InChI is InChI=1S/C16H25BrFNO2/c1-10(2)5-12(4)21-9-13(20)8-19-16-7-14(17)15(18)6-11(16)3/h6-7,10,12-13,19-20H,5,8-9H2,1-4H3. The number of anilines is 1. The Morgan fingerprint density at radius 3 is 2.62 bits per heavy atom. The van der Waals surface area contributed by atoms with Crippen LogP contribution in [0.3, 0.4) is 0 Å². The predicted octanol–water partition coefficient (Wildman–Crippen LogP) is 4.12. The maximum absolute atomic E-state index is 13.3. The number of aliphatic hydroxyl groups is 1. The van der Waals surface area contributed by atoms with Crippen molar-refractivity contribution < 1.29 is 14.2 Å². The van der Waals surface area contributed by atoms with Crippen molar-refractivity contribution in [1.82, 2.24) is 0 Å². The molecule has 0 bridgehead atoms. The Hall–Kier alpha value is -0.650. The lowest BCUT2D eigenvalue weighted by Gasteiger charge is -2.19. The molecule has 0 saturated carbocycles. The fraction of sp³-hybridized carbons (Fsp3) is 0.625. The van der Waals surface area contributed by atoms with Crippen LogP contribution >= 0.6 is 15.9 Å². The molecular weight excluding hydrogens is 337 g/mol. The smallest absolute Gasteiger partial charge is 0.137 e. The summed E-state index contributed by atoms with van der Waals surface area (Å²) in [4.78, 5) is 0. The second kappa shape index (κ2) is 8.71. The van der Waals surface area contributed by atoms with E-state index in [2.05, 4.69) is 35.1 Å². The van der Waals surface area contributed by atoms with Gasteiger partial charge in [-0.05, 0) is 59.8 Å². The van der Waals surface area contributed by atoms with Gasteiger partial charge in [0.05, 0.1) is 23.3 Å². The molecular formula is C16H25BrFNO2. The van der Waals surface area contributed by atoms with Crippen LogP contribution in [0.2, 0.25) is 0 Å². The van der Waals surface area contributed by atoms with Crippen molar-refractivity contribution in [2.75, 3.05) is 18.5 Å². The summed E-state index contributed by atoms with van der Waals surface area (Å²) in [5.41, 5.74) is 1.61. The molecule has 2 unspecified atom stereocenters. The van der Waals surface area contributed by atoms with Gasteiger partial charge < -0.3 is 15.2 Å². The molecule has 0 aliphatic carbocycles. The average Bonchev–Trinajstić information content (AvgIpc) is 2.38. The van der Waals surface area contributed by atoms with Gasteiger partial charge in [-0.1, -0.05) is 13.8 Å². The number of ether oxygens (including phenoxy) is 1. The summed E-state index contributed by atoms with van der Waals surface area (Å²) in [6.45, 7) is 8.79. The zero-order valence-electron chi connectivity index (χ0n) is 13.1. The monoisotopic (exact) mass is 361 g/mol. The molecule has 0 aromatic heterocycles. The van der Waals surface area contributed by atoms with Gasteiger partial charge in [0.2, 0.25) is 0 Å². The molecule has 3 nitrogen and oxygen atoms in total. The first-order chi connectivity index (χ1) is 9.79. The molecule has 0 saturated heterocycles. The highest BCUT2D eigenvalue weighted by molar-refractivity contribution is 9.10. The molecule has 2 atom stereocenters. The highest BCUT2D eigenvalue weighted by atomic mass is 79.9. The number of rotatable bonds is 8. The first-order valence-corrected chi connectivity index (χ1v) is 8.08. The fourth-order valence-corrected chi connectivity index (χ4v) is 2.47. The molecule has 0 spiro atoms. The normalized spacial score (nSPS) is 14.3. The Kier molecular flexibility index (Phi) is 7.63. The average molecular weight is 362 g/mol. The van der Waals surface area contributed by atoms with Crippen molar-refractivity contribution in [1.29, 1.82) is 0 Å². The molecule has 120 valence electrons. The summed E-state index contributed by atoms with van der Waals surface area (Å²) < 4.78 is 19.4. The number of nitrogens with one attached hydrogen (secondary N) is 1. The third-order valence-corrected chi connectivity index (χ3v) is 3.78. The van der Waals surface area contributed by atoms with Crippen LogP contribution in [0.15, 0.2) is 16.6 Å². The van der Waals surface area contributed by atoms with Gasteiger partial charge in [0.25, 0.3) is 0 Å². The highest BCUT2D eigenvalue weighted by Crippen LogP contribution is 2.24. The van der Waals surface area contributed by atoms with Gasteiger partial charge in [-0.15, -0.1) is 0 Å². The number of benzene rings is 1. The minimum Gasteiger partial charge on any atom is -0.389 e. The topological polar surface area (TPSA) is 41.5 Å². The summed E-state index contributed by atoms with van der Waals surface area (Å²) >= 11 is 3.16. The van der Waals surface area contributed by atoms with Crippen LogP contribution in [0, 0.1) is 18.7 Å². The Labute approximate surface area is 135 Å². The van der Waals surface area contributed by atoms with E-state index in [0.717, 1.165) is 17.7 Å². The predicted molar refractivity (Wildman–Crippen MR) is 88.2 cm³/mol. The summed E-state index contributed by atoms with van der Waals surface area (Å²) in [5.74, 6) is 0.291. The quantitative estimate of drug-likeness (QED) is 0.731. The van der Waals surface area contributed by atoms with E-state index in [0.29, 0.717) is 23.5 Å². The number of aryl methyl sites for hydroxylation is 1. The van der Waals surface area contributed by atoms with E-state index in [-0.39, 0.29) is 11.9 Å². The van der Waals surface area contributed by atoms with Crippen molar-refractivity contribution in [3.8, 4) is 0 Å². The summed E-state index contributed by atoms with van der Waals surface area (Å²) in [7, 11) is 0. The van der Waals surface area contributed by atoms with Crippen molar-refractivity contribution >= 4 is 21.6 Å². The zero-order chi connectivity index (χ0) is 16.0. The third-order valence-electron chi connectivity index (χ3n) is 3.17. The maximum Gasteiger partial charge on any atom is 0.137 e. The van der Waals surface area contributed by atoms with E-state index in [1.807, 2.05) is 13.8 Å². The molecule has 0 amide bonds. The van der Waals surface area contributed by atoms with Gasteiger partial charge in [0.1, 0.15) is 5.82 Å². The van der Waals surface area contributed by atoms with E-state index in [1.165, 1.54) is 6.07 Å². The molecule has 0 fully saturated rings. The van der Waals surface area contributed by atoms with E-state index >= 15 is 0 Å². The Morgan fingerprint density at radius 2 is 2.00 bits per heavy atom. The second-order valence-electron chi connectivity index (χ2n) is 5.89. The lowest BCUT2D eigenvalue weighted by molar-refractivity contribution is -0.00444. The second-order valence-corrected chi connectivity index (χ2v) is 6.74. The molecule has 0 aliphatic heterocycles. The molecule has 0 heterocycles.